The third-order valence-electron chi connectivity index (χ3n) is 2.72. The molecule has 2 rings (SSSR count). The number of nitrogens with one attached hydrogen (secondary N) is 1. The predicted octanol–water partition coefficient (Wildman–Crippen LogP) is 0.649. The molecule has 0 unspecified atom stereocenters. The highest BCUT2D eigenvalue weighted by Crippen LogP contribution is 2.25. The maximum Gasteiger partial charge on any atom is 0.314 e. The summed E-state index contributed by atoms with van der Waals surface area (Å²) in [6.07, 6.45) is 0. The van der Waals surface area contributed by atoms with E-state index in [0.717, 1.165) is 0 Å². The van der Waals surface area contributed by atoms with Gasteiger partial charge in [0.2, 0.25) is 0 Å². The Morgan fingerprint density at radius 1 is 0.909 bits per heavy atom. The van der Waals surface area contributed by atoms with Crippen LogP contribution in [0.3, 0.4) is 0 Å². The summed E-state index contributed by atoms with van der Waals surface area (Å²) in [5.41, 5.74) is 5.72. The van der Waals surface area contributed by atoms with Crippen molar-refractivity contribution in [2.24, 2.45) is 5.90 Å². The standard InChI is InChI=1S/C12H13N3O5S2/c13-9-5-7-10(8-6-9)21(16,17)15-11-3-1-2-4-12(11)22(18,19)20-14/h1-8,15H,13-14H2. The topological polar surface area (TPSA) is 142 Å². The van der Waals surface area contributed by atoms with Crippen LogP contribution < -0.4 is 16.4 Å². The lowest BCUT2D eigenvalue weighted by Gasteiger charge is -2.11. The molecule has 0 atom stereocenters. The van der Waals surface area contributed by atoms with E-state index in [0.29, 0.717) is 5.69 Å². The molecule has 5 N–H and O–H groups in total. The molecular formula is C12H13N3O5S2. The maximum atomic E-state index is 12.3. The minimum Gasteiger partial charge on any atom is -0.399 e. The van der Waals surface area contributed by atoms with E-state index in [-0.39, 0.29) is 10.6 Å². The quantitative estimate of drug-likeness (QED) is 0.534. The molecular weight excluding hydrogens is 330 g/mol. The first kappa shape index (κ1) is 16.2. The first-order chi connectivity index (χ1) is 10.3. The second-order valence-corrected chi connectivity index (χ2v) is 7.44. The second kappa shape index (κ2) is 5.93. The Hall–Kier alpha value is -2.14. The van der Waals surface area contributed by atoms with Gasteiger partial charge in [0.15, 0.2) is 0 Å². The van der Waals surface area contributed by atoms with E-state index in [9.17, 15) is 16.8 Å². The highest BCUT2D eigenvalue weighted by Gasteiger charge is 2.22. The van der Waals surface area contributed by atoms with Crippen LogP contribution in [-0.2, 0) is 24.4 Å². The fourth-order valence-electron chi connectivity index (χ4n) is 1.67. The van der Waals surface area contributed by atoms with Crippen LogP contribution >= 0.6 is 0 Å². The molecule has 0 aliphatic carbocycles. The summed E-state index contributed by atoms with van der Waals surface area (Å²) in [6.45, 7) is 0. The fraction of sp³-hybridized carbons (Fsp3) is 0. The van der Waals surface area contributed by atoms with Crippen molar-refractivity contribution in [3.63, 3.8) is 0 Å². The zero-order chi connectivity index (χ0) is 16.4. The van der Waals surface area contributed by atoms with Crippen molar-refractivity contribution in [1.82, 2.24) is 0 Å². The number of sulfonamides is 1. The van der Waals surface area contributed by atoms with E-state index >= 15 is 0 Å². The molecule has 8 nitrogen and oxygen atoms in total. The first-order valence-electron chi connectivity index (χ1n) is 5.87. The van der Waals surface area contributed by atoms with Crippen molar-refractivity contribution in [1.29, 1.82) is 0 Å². The lowest BCUT2D eigenvalue weighted by molar-refractivity contribution is 0.333. The fourth-order valence-corrected chi connectivity index (χ4v) is 3.55. The predicted molar refractivity (Wildman–Crippen MR) is 80.6 cm³/mol. The second-order valence-electron chi connectivity index (χ2n) is 4.22. The van der Waals surface area contributed by atoms with Crippen molar-refractivity contribution in [2.75, 3.05) is 10.5 Å². The monoisotopic (exact) mass is 343 g/mol. The Morgan fingerprint density at radius 3 is 2.09 bits per heavy atom. The molecule has 0 saturated heterocycles. The molecule has 0 heterocycles. The van der Waals surface area contributed by atoms with Crippen LogP contribution in [0.1, 0.15) is 0 Å². The van der Waals surface area contributed by atoms with Gasteiger partial charge in [0.1, 0.15) is 4.90 Å². The average Bonchev–Trinajstić information content (AvgIpc) is 2.47. The number of rotatable bonds is 5. The Labute approximate surface area is 127 Å². The molecule has 118 valence electrons. The summed E-state index contributed by atoms with van der Waals surface area (Å²) in [6, 6.07) is 10.8. The summed E-state index contributed by atoms with van der Waals surface area (Å²) in [7, 11) is -8.25. The van der Waals surface area contributed by atoms with E-state index in [1.807, 2.05) is 0 Å². The maximum absolute atomic E-state index is 12.3. The van der Waals surface area contributed by atoms with E-state index in [2.05, 4.69) is 9.01 Å². The first-order valence-corrected chi connectivity index (χ1v) is 8.76. The Bertz CT molecular complexity index is 877. The number of nitrogens with two attached hydrogens (primary N) is 2. The zero-order valence-corrected chi connectivity index (χ0v) is 12.8. The van der Waals surface area contributed by atoms with Gasteiger partial charge in [-0.25, -0.2) is 8.42 Å². The molecule has 10 heteroatoms. The number of hydrogen-bond donors (Lipinski definition) is 3. The smallest absolute Gasteiger partial charge is 0.314 e. The van der Waals surface area contributed by atoms with E-state index < -0.39 is 25.0 Å². The van der Waals surface area contributed by atoms with Gasteiger partial charge in [0.25, 0.3) is 10.0 Å². The van der Waals surface area contributed by atoms with Crippen molar-refractivity contribution in [3.05, 3.63) is 48.5 Å². The van der Waals surface area contributed by atoms with Gasteiger partial charge in [-0.1, -0.05) is 12.1 Å². The van der Waals surface area contributed by atoms with Crippen LogP contribution in [0.15, 0.2) is 58.3 Å². The van der Waals surface area contributed by atoms with Gasteiger partial charge in [0.05, 0.1) is 10.6 Å². The van der Waals surface area contributed by atoms with Crippen LogP contribution in [-0.4, -0.2) is 16.8 Å². The lowest BCUT2D eigenvalue weighted by Crippen LogP contribution is -2.17. The van der Waals surface area contributed by atoms with Gasteiger partial charge in [-0.2, -0.15) is 18.6 Å². The summed E-state index contributed by atoms with van der Waals surface area (Å²) < 4.78 is 54.0. The summed E-state index contributed by atoms with van der Waals surface area (Å²) >= 11 is 0. The minimum absolute atomic E-state index is 0.0671. The number of benzene rings is 2. The van der Waals surface area contributed by atoms with Gasteiger partial charge < -0.3 is 5.73 Å². The summed E-state index contributed by atoms with van der Waals surface area (Å²) in [4.78, 5) is -0.459. The number of para-hydroxylation sites is 1. The van der Waals surface area contributed by atoms with Crippen LogP contribution in [0, 0.1) is 0 Å². The van der Waals surface area contributed by atoms with Gasteiger partial charge in [-0.3, -0.25) is 4.72 Å². The van der Waals surface area contributed by atoms with Crippen LogP contribution in [0.2, 0.25) is 0 Å². The van der Waals surface area contributed by atoms with Crippen LogP contribution in [0.4, 0.5) is 11.4 Å². The molecule has 0 aromatic heterocycles. The van der Waals surface area contributed by atoms with Gasteiger partial charge in [0, 0.05) is 5.69 Å². The molecule has 0 bridgehead atoms. The Kier molecular flexibility index (Phi) is 4.37. The minimum atomic E-state index is -4.26. The number of nitrogen functional groups attached to an aromatic ring is 1. The van der Waals surface area contributed by atoms with E-state index in [1.165, 1.54) is 48.5 Å². The highest BCUT2D eigenvalue weighted by molar-refractivity contribution is 7.93. The molecule has 2 aromatic carbocycles. The van der Waals surface area contributed by atoms with E-state index in [4.69, 9.17) is 11.6 Å². The third-order valence-corrected chi connectivity index (χ3v) is 5.25. The number of anilines is 2. The Morgan fingerprint density at radius 2 is 1.50 bits per heavy atom. The molecule has 2 aromatic rings. The van der Waals surface area contributed by atoms with Crippen molar-refractivity contribution >= 4 is 31.5 Å². The molecule has 22 heavy (non-hydrogen) atoms. The lowest BCUT2D eigenvalue weighted by atomic mass is 10.3. The molecule has 0 fully saturated rings. The van der Waals surface area contributed by atoms with Crippen LogP contribution in [0.25, 0.3) is 0 Å². The summed E-state index contributed by atoms with van der Waals surface area (Å²) in [5, 5.41) is 0. The SMILES string of the molecule is NOS(=O)(=O)c1ccccc1NS(=O)(=O)c1ccc(N)cc1. The molecule has 0 radical (unpaired) electrons. The third kappa shape index (κ3) is 3.36. The molecule has 0 aliphatic heterocycles. The van der Waals surface area contributed by atoms with Gasteiger partial charge in [-0.05, 0) is 36.4 Å². The number of hydrogen-bond acceptors (Lipinski definition) is 7. The average molecular weight is 343 g/mol. The Balaban J connectivity index is 2.45. The van der Waals surface area contributed by atoms with Gasteiger partial charge >= 0.3 is 10.1 Å². The zero-order valence-electron chi connectivity index (χ0n) is 11.1. The summed E-state index contributed by atoms with van der Waals surface area (Å²) in [5.74, 6) is 4.72. The van der Waals surface area contributed by atoms with Crippen molar-refractivity contribution in [3.8, 4) is 0 Å². The normalized spacial score (nSPS) is 12.0. The van der Waals surface area contributed by atoms with Gasteiger partial charge in [-0.15, -0.1) is 0 Å². The molecule has 0 aliphatic rings. The molecule has 0 spiro atoms. The van der Waals surface area contributed by atoms with E-state index in [1.54, 1.807) is 0 Å². The van der Waals surface area contributed by atoms with Crippen LogP contribution in [0.5, 0.6) is 0 Å². The molecule has 0 amide bonds. The van der Waals surface area contributed by atoms with Crippen molar-refractivity contribution < 1.29 is 21.1 Å². The highest BCUT2D eigenvalue weighted by atomic mass is 32.2. The molecule has 0 saturated carbocycles. The van der Waals surface area contributed by atoms with Crippen molar-refractivity contribution in [2.45, 2.75) is 9.79 Å². The largest absolute Gasteiger partial charge is 0.399 e.